The number of rotatable bonds is 4. The van der Waals surface area contributed by atoms with Crippen LogP contribution in [0.15, 0.2) is 84.9 Å². The Kier molecular flexibility index (Phi) is 5.51. The van der Waals surface area contributed by atoms with Gasteiger partial charge in [0.15, 0.2) is 0 Å². The predicted octanol–water partition coefficient (Wildman–Crippen LogP) is 8.43. The first kappa shape index (κ1) is 22.7. The fourth-order valence-corrected chi connectivity index (χ4v) is 23.8. The molecule has 2 saturated heterocycles. The van der Waals surface area contributed by atoms with Gasteiger partial charge >= 0.3 is 0 Å². The third-order valence-corrected chi connectivity index (χ3v) is 21.9. The van der Waals surface area contributed by atoms with Crippen molar-refractivity contribution < 1.29 is 4.79 Å². The van der Waals surface area contributed by atoms with Gasteiger partial charge in [-0.3, -0.25) is 4.79 Å². The molecule has 2 bridgehead atoms. The third-order valence-electron chi connectivity index (χ3n) is 6.75. The molecule has 3 aromatic rings. The van der Waals surface area contributed by atoms with Crippen LogP contribution in [0.1, 0.15) is 22.3 Å². The summed E-state index contributed by atoms with van der Waals surface area (Å²) in [5, 5.41) is 0.250. The highest BCUT2D eigenvalue weighted by Crippen LogP contribution is 2.97. The van der Waals surface area contributed by atoms with Crippen LogP contribution in [0.5, 0.6) is 0 Å². The summed E-state index contributed by atoms with van der Waals surface area (Å²) in [4.78, 5) is 14.3. The first-order valence-electron chi connectivity index (χ1n) is 10.8. The number of carbonyl (C=O) groups excluding carboxylic acids is 1. The van der Waals surface area contributed by atoms with Gasteiger partial charge in [0.25, 0.3) is 0 Å². The summed E-state index contributed by atoms with van der Waals surface area (Å²) in [5.41, 5.74) is 4.70. The van der Waals surface area contributed by atoms with Crippen LogP contribution in [-0.4, -0.2) is 13.2 Å². The van der Waals surface area contributed by atoms with Crippen LogP contribution in [0.2, 0.25) is 19.6 Å². The molecule has 5 rings (SSSR count). The van der Waals surface area contributed by atoms with Crippen molar-refractivity contribution in [2.45, 2.75) is 39.9 Å². The summed E-state index contributed by atoms with van der Waals surface area (Å²) in [5.74, 6) is 0. The number of thioether (sulfide) groups is 2. The van der Waals surface area contributed by atoms with Gasteiger partial charge in [-0.15, -0.1) is 11.8 Å². The Bertz CT molecular complexity index is 1170. The van der Waals surface area contributed by atoms with Crippen molar-refractivity contribution in [1.29, 1.82) is 0 Å². The summed E-state index contributed by atoms with van der Waals surface area (Å²) < 4.78 is -1.58. The molecule has 0 aromatic heterocycles. The second-order valence-electron chi connectivity index (χ2n) is 9.59. The SMILES string of the molecule is Cc1ccc([C@@]23SC(=O)[C@@](c4ccccc4)(S2)C(c2ccccc2)([Si](C)(C)C)P3Cl)cc1. The summed E-state index contributed by atoms with van der Waals surface area (Å²) in [6.45, 7) is 9.28. The van der Waals surface area contributed by atoms with E-state index in [0.717, 1.165) is 5.56 Å². The maximum atomic E-state index is 14.3. The standard InChI is InChI=1S/C26H26ClOPS2Si/c1-19-15-17-22(18-16-19)26-29(27)25(32(2,3)4,21-13-9-6-10-14-21)24(31-26,23(28)30-26)20-11-7-5-8-12-20/h5-18H,1-4H3/t24-,25?,26-,29?/m1/s1. The lowest BCUT2D eigenvalue weighted by atomic mass is 9.90. The molecular formula is C26H26ClOPS2Si. The first-order chi connectivity index (χ1) is 15.2. The highest BCUT2D eigenvalue weighted by atomic mass is 35.7. The second kappa shape index (κ2) is 7.75. The zero-order valence-corrected chi connectivity index (χ0v) is 22.9. The Labute approximate surface area is 206 Å². The third kappa shape index (κ3) is 2.80. The quantitative estimate of drug-likeness (QED) is 0.258. The normalized spacial score (nSPS) is 31.8. The van der Waals surface area contributed by atoms with Gasteiger partial charge in [-0.1, -0.05) is 133 Å². The smallest absolute Gasteiger partial charge is 0.212 e. The van der Waals surface area contributed by atoms with E-state index in [1.54, 1.807) is 0 Å². The molecule has 2 heterocycles. The average Bonchev–Trinajstić information content (AvgIpc) is 3.22. The minimum absolute atomic E-state index is 0.250. The van der Waals surface area contributed by atoms with Crippen LogP contribution in [-0.2, 0) is 18.1 Å². The van der Waals surface area contributed by atoms with Gasteiger partial charge in [0.05, 0.1) is 12.9 Å². The Hall–Kier alpha value is -1.03. The van der Waals surface area contributed by atoms with Crippen LogP contribution in [0.25, 0.3) is 0 Å². The summed E-state index contributed by atoms with van der Waals surface area (Å²) >= 11 is 11.1. The molecule has 6 heteroatoms. The molecule has 0 aliphatic carbocycles. The molecule has 0 spiro atoms. The molecule has 2 unspecified atom stereocenters. The van der Waals surface area contributed by atoms with E-state index in [4.69, 9.17) is 11.2 Å². The monoisotopic (exact) mass is 512 g/mol. The molecule has 32 heavy (non-hydrogen) atoms. The lowest BCUT2D eigenvalue weighted by Gasteiger charge is -2.55. The van der Waals surface area contributed by atoms with Crippen LogP contribution in [0, 0.1) is 6.92 Å². The molecule has 0 amide bonds. The van der Waals surface area contributed by atoms with E-state index in [9.17, 15) is 4.79 Å². The van der Waals surface area contributed by atoms with E-state index >= 15 is 0 Å². The minimum atomic E-state index is -2.08. The fourth-order valence-electron chi connectivity index (χ4n) is 5.43. The Balaban J connectivity index is 1.90. The van der Waals surface area contributed by atoms with Crippen molar-refractivity contribution in [3.8, 4) is 0 Å². The van der Waals surface area contributed by atoms with E-state index in [2.05, 4.69) is 105 Å². The van der Waals surface area contributed by atoms with Crippen LogP contribution in [0.3, 0.4) is 0 Å². The molecule has 0 saturated carbocycles. The van der Waals surface area contributed by atoms with Gasteiger partial charge < -0.3 is 0 Å². The first-order valence-corrected chi connectivity index (χ1v) is 18.2. The Morgan fingerprint density at radius 1 is 0.781 bits per heavy atom. The van der Waals surface area contributed by atoms with Crippen molar-refractivity contribution in [2.24, 2.45) is 0 Å². The van der Waals surface area contributed by atoms with Crippen molar-refractivity contribution >= 4 is 55.2 Å². The minimum Gasteiger partial charge on any atom is -0.285 e. The van der Waals surface area contributed by atoms with Gasteiger partial charge in [0.1, 0.15) is 8.57 Å². The maximum absolute atomic E-state index is 14.3. The largest absolute Gasteiger partial charge is 0.285 e. The Morgan fingerprint density at radius 3 is 1.84 bits per heavy atom. The number of hydrogen-bond acceptors (Lipinski definition) is 3. The molecule has 0 radical (unpaired) electrons. The summed E-state index contributed by atoms with van der Waals surface area (Å²) in [6.07, 6.45) is 0. The maximum Gasteiger partial charge on any atom is 0.212 e. The molecular weight excluding hydrogens is 487 g/mol. The lowest BCUT2D eigenvalue weighted by Crippen LogP contribution is -2.60. The number of carbonyl (C=O) groups is 1. The predicted molar refractivity (Wildman–Crippen MR) is 145 cm³/mol. The molecule has 2 fully saturated rings. The zero-order valence-electron chi connectivity index (χ0n) is 18.6. The molecule has 0 N–H and O–H groups in total. The molecule has 2 aliphatic heterocycles. The summed E-state index contributed by atoms with van der Waals surface area (Å²) in [6, 6.07) is 29.8. The van der Waals surface area contributed by atoms with E-state index in [1.807, 2.05) is 17.8 Å². The van der Waals surface area contributed by atoms with Gasteiger partial charge in [-0.2, -0.15) is 0 Å². The van der Waals surface area contributed by atoms with Crippen molar-refractivity contribution in [3.05, 3.63) is 107 Å². The summed E-state index contributed by atoms with van der Waals surface area (Å²) in [7, 11) is -3.20. The lowest BCUT2D eigenvalue weighted by molar-refractivity contribution is -0.113. The molecule has 2 aliphatic rings. The molecule has 4 atom stereocenters. The molecule has 1 nitrogen and oxygen atoms in total. The van der Waals surface area contributed by atoms with Gasteiger partial charge in [-0.25, -0.2) is 0 Å². The van der Waals surface area contributed by atoms with E-state index in [1.165, 1.54) is 28.5 Å². The number of halogens is 1. The number of aryl methyl sites for hydroxylation is 1. The van der Waals surface area contributed by atoms with Crippen molar-refractivity contribution in [1.82, 2.24) is 0 Å². The molecule has 164 valence electrons. The van der Waals surface area contributed by atoms with Crippen LogP contribution in [0.4, 0.5) is 0 Å². The second-order valence-corrected chi connectivity index (χ2v) is 21.7. The van der Waals surface area contributed by atoms with E-state index in [-0.39, 0.29) is 5.12 Å². The zero-order chi connectivity index (χ0) is 22.8. The topological polar surface area (TPSA) is 17.1 Å². The van der Waals surface area contributed by atoms with Crippen molar-refractivity contribution in [3.63, 3.8) is 0 Å². The highest BCUT2D eigenvalue weighted by molar-refractivity contribution is 8.39. The molecule has 3 aromatic carbocycles. The van der Waals surface area contributed by atoms with Crippen LogP contribution >= 0.6 is 42.0 Å². The number of benzene rings is 3. The fraction of sp³-hybridized carbons (Fsp3) is 0.269. The number of fused-ring (bicyclic) bond motifs is 2. The average molecular weight is 513 g/mol. The van der Waals surface area contributed by atoms with E-state index in [0.29, 0.717) is 0 Å². The van der Waals surface area contributed by atoms with Gasteiger partial charge in [-0.05, 0) is 23.6 Å². The van der Waals surface area contributed by atoms with E-state index < -0.39 is 28.7 Å². The number of hydrogen-bond donors (Lipinski definition) is 0. The van der Waals surface area contributed by atoms with Crippen LogP contribution < -0.4 is 0 Å². The van der Waals surface area contributed by atoms with Crippen molar-refractivity contribution in [2.75, 3.05) is 0 Å². The van der Waals surface area contributed by atoms with Gasteiger partial charge in [0, 0.05) is 7.27 Å². The van der Waals surface area contributed by atoms with Gasteiger partial charge in [0.2, 0.25) is 5.12 Å². The highest BCUT2D eigenvalue weighted by Gasteiger charge is 2.82. The Morgan fingerprint density at radius 2 is 1.31 bits per heavy atom.